The molecule has 5 aliphatic rings. The van der Waals surface area contributed by atoms with Crippen LogP contribution in [0.2, 0.25) is 0 Å². The van der Waals surface area contributed by atoms with Gasteiger partial charge in [-0.05, 0) is 87.4 Å². The Morgan fingerprint density at radius 3 is 2.54 bits per heavy atom. The number of hydrogen-bond donors (Lipinski definition) is 2. The molecule has 0 aromatic heterocycles. The molecule has 3 saturated carbocycles. The van der Waals surface area contributed by atoms with E-state index in [1.165, 1.54) is 18.4 Å². The van der Waals surface area contributed by atoms with Gasteiger partial charge in [0.1, 0.15) is 0 Å². The maximum Gasteiger partial charge on any atom is 0.0905 e. The molecule has 1 saturated heterocycles. The Labute approximate surface area is 158 Å². The van der Waals surface area contributed by atoms with Crippen molar-refractivity contribution in [3.63, 3.8) is 0 Å². The van der Waals surface area contributed by atoms with Gasteiger partial charge in [0.05, 0.1) is 23.9 Å². The summed E-state index contributed by atoms with van der Waals surface area (Å²) >= 11 is 0. The van der Waals surface area contributed by atoms with E-state index in [0.717, 1.165) is 43.9 Å². The van der Waals surface area contributed by atoms with Crippen LogP contribution in [0.4, 0.5) is 0 Å². The van der Waals surface area contributed by atoms with Gasteiger partial charge in [-0.3, -0.25) is 0 Å². The van der Waals surface area contributed by atoms with Gasteiger partial charge in [0.25, 0.3) is 0 Å². The van der Waals surface area contributed by atoms with E-state index in [1.807, 2.05) is 13.8 Å². The third-order valence-corrected chi connectivity index (χ3v) is 9.69. The summed E-state index contributed by atoms with van der Waals surface area (Å²) in [6.45, 7) is 9.44. The first-order valence-corrected chi connectivity index (χ1v) is 10.8. The number of ether oxygens (including phenoxy) is 1. The monoisotopic (exact) mass is 360 g/mol. The van der Waals surface area contributed by atoms with Gasteiger partial charge in [0, 0.05) is 5.92 Å². The summed E-state index contributed by atoms with van der Waals surface area (Å²) in [7, 11) is 0. The molecule has 0 amide bonds. The van der Waals surface area contributed by atoms with Crippen LogP contribution in [0.5, 0.6) is 0 Å². The van der Waals surface area contributed by atoms with E-state index < -0.39 is 11.2 Å². The highest BCUT2D eigenvalue weighted by molar-refractivity contribution is 5.27. The maximum atomic E-state index is 10.9. The fourth-order valence-corrected chi connectivity index (χ4v) is 8.06. The lowest BCUT2D eigenvalue weighted by Crippen LogP contribution is -2.52. The van der Waals surface area contributed by atoms with E-state index in [2.05, 4.69) is 19.9 Å². The molecule has 26 heavy (non-hydrogen) atoms. The molecule has 0 aromatic carbocycles. The lowest BCUT2D eigenvalue weighted by atomic mass is 9.47. The van der Waals surface area contributed by atoms with Crippen molar-refractivity contribution in [2.24, 2.45) is 34.5 Å². The van der Waals surface area contributed by atoms with Crippen LogP contribution in [0.3, 0.4) is 0 Å². The quantitative estimate of drug-likeness (QED) is 0.640. The molecular formula is C23H36O3. The SMILES string of the molecule is CC1(O)COC2C1CC1C3CC=C4C[C@@](C)(O)CCC4(C)C3CCC12C. The number of allylic oxidation sites excluding steroid dienone is 1. The summed E-state index contributed by atoms with van der Waals surface area (Å²) in [5.74, 6) is 2.43. The minimum Gasteiger partial charge on any atom is -0.390 e. The smallest absolute Gasteiger partial charge is 0.0905 e. The summed E-state index contributed by atoms with van der Waals surface area (Å²) < 4.78 is 6.20. The lowest BCUT2D eigenvalue weighted by Gasteiger charge is -2.58. The van der Waals surface area contributed by atoms with Crippen molar-refractivity contribution in [1.82, 2.24) is 0 Å². The first-order valence-electron chi connectivity index (χ1n) is 10.8. The normalized spacial score (nSPS) is 61.3. The van der Waals surface area contributed by atoms with Crippen LogP contribution in [-0.2, 0) is 4.74 Å². The van der Waals surface area contributed by atoms with E-state index in [1.54, 1.807) is 0 Å². The Kier molecular flexibility index (Phi) is 3.51. The van der Waals surface area contributed by atoms with Gasteiger partial charge >= 0.3 is 0 Å². The van der Waals surface area contributed by atoms with Crippen molar-refractivity contribution in [1.29, 1.82) is 0 Å². The Morgan fingerprint density at radius 2 is 1.77 bits per heavy atom. The minimum atomic E-state index is -0.649. The lowest BCUT2D eigenvalue weighted by molar-refractivity contribution is -0.0943. The summed E-state index contributed by atoms with van der Waals surface area (Å²) in [4.78, 5) is 0. The van der Waals surface area contributed by atoms with Gasteiger partial charge in [0.2, 0.25) is 0 Å². The molecule has 9 atom stereocenters. The largest absolute Gasteiger partial charge is 0.390 e. The molecule has 2 N–H and O–H groups in total. The highest BCUT2D eigenvalue weighted by Crippen LogP contribution is 2.68. The predicted molar refractivity (Wildman–Crippen MR) is 102 cm³/mol. The highest BCUT2D eigenvalue weighted by atomic mass is 16.5. The molecule has 0 spiro atoms. The van der Waals surface area contributed by atoms with E-state index in [-0.39, 0.29) is 16.9 Å². The first kappa shape index (κ1) is 17.7. The molecule has 3 nitrogen and oxygen atoms in total. The molecule has 8 unspecified atom stereocenters. The van der Waals surface area contributed by atoms with Crippen LogP contribution in [-0.4, -0.2) is 34.1 Å². The van der Waals surface area contributed by atoms with Crippen LogP contribution >= 0.6 is 0 Å². The molecule has 4 fully saturated rings. The number of hydrogen-bond acceptors (Lipinski definition) is 3. The van der Waals surface area contributed by atoms with E-state index in [4.69, 9.17) is 4.74 Å². The second-order valence-electron chi connectivity index (χ2n) is 11.4. The molecule has 3 heteroatoms. The van der Waals surface area contributed by atoms with Crippen molar-refractivity contribution in [3.05, 3.63) is 11.6 Å². The summed E-state index contributed by atoms with van der Waals surface area (Å²) in [6, 6.07) is 0. The standard InChI is InChI=1S/C23H36O3/c1-20(24)9-10-21(2)14(12-20)5-6-15-16(21)7-8-22(3)17(15)11-18-19(22)26-13-23(18,4)25/h5,15-19,24-25H,6-13H2,1-4H3/t15?,16?,17?,18?,19?,20-,21?,22?,23?/m0/s1. The van der Waals surface area contributed by atoms with Gasteiger partial charge in [-0.1, -0.05) is 25.5 Å². The Bertz CT molecular complexity index is 650. The predicted octanol–water partition coefficient (Wildman–Crippen LogP) is 4.08. The van der Waals surface area contributed by atoms with Crippen LogP contribution in [0.1, 0.15) is 72.6 Å². The fourth-order valence-electron chi connectivity index (χ4n) is 8.06. The van der Waals surface area contributed by atoms with E-state index >= 15 is 0 Å². The molecule has 0 aromatic rings. The first-order chi connectivity index (χ1) is 12.1. The van der Waals surface area contributed by atoms with E-state index in [0.29, 0.717) is 18.4 Å². The highest BCUT2D eigenvalue weighted by Gasteiger charge is 2.66. The fraction of sp³-hybridized carbons (Fsp3) is 0.913. The number of fused-ring (bicyclic) bond motifs is 7. The molecule has 0 bridgehead atoms. The third kappa shape index (κ3) is 2.17. The second-order valence-corrected chi connectivity index (χ2v) is 11.4. The van der Waals surface area contributed by atoms with Crippen LogP contribution in [0.15, 0.2) is 11.6 Å². The molecule has 5 rings (SSSR count). The van der Waals surface area contributed by atoms with Crippen molar-refractivity contribution >= 4 is 0 Å². The maximum absolute atomic E-state index is 10.9. The topological polar surface area (TPSA) is 49.7 Å². The van der Waals surface area contributed by atoms with Crippen molar-refractivity contribution in [2.45, 2.75) is 89.9 Å². The number of rotatable bonds is 0. The van der Waals surface area contributed by atoms with Crippen LogP contribution in [0, 0.1) is 34.5 Å². The minimum absolute atomic E-state index is 0.230. The van der Waals surface area contributed by atoms with Gasteiger partial charge in [0.15, 0.2) is 0 Å². The average molecular weight is 361 g/mol. The zero-order chi connectivity index (χ0) is 18.5. The molecule has 0 radical (unpaired) electrons. The Balaban J connectivity index is 1.48. The van der Waals surface area contributed by atoms with E-state index in [9.17, 15) is 10.2 Å². The molecular weight excluding hydrogens is 324 g/mol. The second kappa shape index (κ2) is 5.15. The van der Waals surface area contributed by atoms with Crippen molar-refractivity contribution in [3.8, 4) is 0 Å². The number of aliphatic hydroxyl groups is 2. The van der Waals surface area contributed by atoms with Gasteiger partial charge in [-0.15, -0.1) is 0 Å². The summed E-state index contributed by atoms with van der Waals surface area (Å²) in [5, 5.41) is 21.4. The Hall–Kier alpha value is -0.380. The zero-order valence-electron chi connectivity index (χ0n) is 16.9. The molecule has 146 valence electrons. The average Bonchev–Trinajstić information content (AvgIpc) is 3.03. The summed E-state index contributed by atoms with van der Waals surface area (Å²) in [5.41, 5.74) is 0.865. The van der Waals surface area contributed by atoms with Crippen molar-refractivity contribution in [2.75, 3.05) is 6.61 Å². The van der Waals surface area contributed by atoms with Gasteiger partial charge in [-0.2, -0.15) is 0 Å². The Morgan fingerprint density at radius 1 is 1.00 bits per heavy atom. The van der Waals surface area contributed by atoms with Gasteiger partial charge < -0.3 is 14.9 Å². The zero-order valence-corrected chi connectivity index (χ0v) is 16.9. The molecule has 1 aliphatic heterocycles. The summed E-state index contributed by atoms with van der Waals surface area (Å²) in [6.07, 6.45) is 10.4. The third-order valence-electron chi connectivity index (χ3n) is 9.69. The molecule has 1 heterocycles. The van der Waals surface area contributed by atoms with Crippen LogP contribution < -0.4 is 0 Å². The van der Waals surface area contributed by atoms with Crippen LogP contribution in [0.25, 0.3) is 0 Å². The molecule has 4 aliphatic carbocycles. The van der Waals surface area contributed by atoms with Crippen molar-refractivity contribution < 1.29 is 14.9 Å². The van der Waals surface area contributed by atoms with Gasteiger partial charge in [-0.25, -0.2) is 0 Å².